The molecule has 0 saturated carbocycles. The van der Waals surface area contributed by atoms with Crippen molar-refractivity contribution in [1.82, 2.24) is 0 Å². The lowest BCUT2D eigenvalue weighted by molar-refractivity contribution is 0.0699. The summed E-state index contributed by atoms with van der Waals surface area (Å²) in [5.41, 5.74) is -0.0967. The molecule has 82 valence electrons. The Bertz CT molecular complexity index is 550. The average molecular weight is 222 g/mol. The van der Waals surface area contributed by atoms with Crippen LogP contribution in [0.4, 0.5) is 8.78 Å². The van der Waals surface area contributed by atoms with Crippen LogP contribution in [0.5, 0.6) is 0 Å². The lowest BCUT2D eigenvalue weighted by Gasteiger charge is -2.07. The third kappa shape index (κ3) is 1.62. The van der Waals surface area contributed by atoms with Gasteiger partial charge < -0.3 is 5.11 Å². The molecule has 0 saturated heterocycles. The SMILES string of the molecule is O=C(O)c1cccc2c(C(F)F)cccc12. The van der Waals surface area contributed by atoms with Crippen molar-refractivity contribution in [3.05, 3.63) is 47.5 Å². The van der Waals surface area contributed by atoms with Crippen LogP contribution in [0, 0.1) is 0 Å². The number of carbonyl (C=O) groups is 1. The molecule has 0 spiro atoms. The van der Waals surface area contributed by atoms with E-state index < -0.39 is 12.4 Å². The summed E-state index contributed by atoms with van der Waals surface area (Å²) in [7, 11) is 0. The first-order valence-electron chi connectivity index (χ1n) is 4.64. The number of fused-ring (bicyclic) bond motifs is 1. The van der Waals surface area contributed by atoms with Crippen molar-refractivity contribution in [3.8, 4) is 0 Å². The molecule has 2 aromatic rings. The van der Waals surface area contributed by atoms with Crippen molar-refractivity contribution < 1.29 is 18.7 Å². The van der Waals surface area contributed by atoms with E-state index in [1.807, 2.05) is 0 Å². The predicted octanol–water partition coefficient (Wildman–Crippen LogP) is 3.48. The molecule has 0 aliphatic heterocycles. The Morgan fingerprint density at radius 1 is 1.06 bits per heavy atom. The zero-order valence-corrected chi connectivity index (χ0v) is 8.15. The topological polar surface area (TPSA) is 37.3 Å². The summed E-state index contributed by atoms with van der Waals surface area (Å²) in [5.74, 6) is -1.11. The standard InChI is InChI=1S/C12H8F2O2/c13-11(14)9-5-1-4-8-7(9)3-2-6-10(8)12(15)16/h1-6,11H,(H,15,16). The van der Waals surface area contributed by atoms with Crippen LogP contribution in [0.2, 0.25) is 0 Å². The highest BCUT2D eigenvalue weighted by Crippen LogP contribution is 2.29. The summed E-state index contributed by atoms with van der Waals surface area (Å²) in [6.07, 6.45) is -2.60. The number of aromatic carboxylic acids is 1. The van der Waals surface area contributed by atoms with Crippen LogP contribution < -0.4 is 0 Å². The van der Waals surface area contributed by atoms with Crippen molar-refractivity contribution in [2.45, 2.75) is 6.43 Å². The second-order valence-corrected chi connectivity index (χ2v) is 3.35. The van der Waals surface area contributed by atoms with E-state index in [-0.39, 0.29) is 16.5 Å². The molecule has 2 rings (SSSR count). The number of hydrogen-bond donors (Lipinski definition) is 1. The van der Waals surface area contributed by atoms with Crippen molar-refractivity contribution in [2.24, 2.45) is 0 Å². The number of carboxylic acid groups (broad SMARTS) is 1. The summed E-state index contributed by atoms with van der Waals surface area (Å²) < 4.78 is 25.4. The van der Waals surface area contributed by atoms with E-state index in [9.17, 15) is 13.6 Å². The Morgan fingerprint density at radius 2 is 1.69 bits per heavy atom. The summed E-state index contributed by atoms with van der Waals surface area (Å²) >= 11 is 0. The fourth-order valence-corrected chi connectivity index (χ4v) is 1.71. The highest BCUT2D eigenvalue weighted by molar-refractivity contribution is 6.04. The fourth-order valence-electron chi connectivity index (χ4n) is 1.71. The van der Waals surface area contributed by atoms with E-state index in [4.69, 9.17) is 5.11 Å². The lowest BCUT2D eigenvalue weighted by Crippen LogP contribution is -1.98. The molecule has 0 amide bonds. The zero-order chi connectivity index (χ0) is 11.7. The molecule has 1 N–H and O–H groups in total. The van der Waals surface area contributed by atoms with Crippen molar-refractivity contribution in [2.75, 3.05) is 0 Å². The van der Waals surface area contributed by atoms with Gasteiger partial charge in [-0.1, -0.05) is 30.3 Å². The monoisotopic (exact) mass is 222 g/mol. The average Bonchev–Trinajstić information content (AvgIpc) is 2.27. The number of halogens is 2. The lowest BCUT2D eigenvalue weighted by atomic mass is 10.0. The summed E-state index contributed by atoms with van der Waals surface area (Å²) in [6, 6.07) is 8.65. The maximum absolute atomic E-state index is 12.7. The number of hydrogen-bond acceptors (Lipinski definition) is 1. The van der Waals surface area contributed by atoms with Gasteiger partial charge in [-0.25, -0.2) is 13.6 Å². The Morgan fingerprint density at radius 3 is 2.31 bits per heavy atom. The van der Waals surface area contributed by atoms with Gasteiger partial charge in [-0.15, -0.1) is 0 Å². The zero-order valence-electron chi connectivity index (χ0n) is 8.15. The molecule has 0 aliphatic rings. The molecular weight excluding hydrogens is 214 g/mol. The Labute approximate surface area is 90.1 Å². The van der Waals surface area contributed by atoms with E-state index in [0.717, 1.165) is 0 Å². The van der Waals surface area contributed by atoms with Crippen LogP contribution in [-0.4, -0.2) is 11.1 Å². The number of rotatable bonds is 2. The van der Waals surface area contributed by atoms with Crippen molar-refractivity contribution in [1.29, 1.82) is 0 Å². The molecule has 0 atom stereocenters. The van der Waals surface area contributed by atoms with Crippen LogP contribution in [0.3, 0.4) is 0 Å². The van der Waals surface area contributed by atoms with Crippen molar-refractivity contribution >= 4 is 16.7 Å². The van der Waals surface area contributed by atoms with Gasteiger partial charge in [0.25, 0.3) is 6.43 Å². The van der Waals surface area contributed by atoms with Gasteiger partial charge in [-0.05, 0) is 16.8 Å². The van der Waals surface area contributed by atoms with Gasteiger partial charge in [0.2, 0.25) is 0 Å². The Hall–Kier alpha value is -1.97. The molecule has 0 heterocycles. The first-order chi connectivity index (χ1) is 7.61. The molecule has 0 bridgehead atoms. The smallest absolute Gasteiger partial charge is 0.336 e. The highest BCUT2D eigenvalue weighted by atomic mass is 19.3. The Kier molecular flexibility index (Phi) is 2.56. The van der Waals surface area contributed by atoms with E-state index >= 15 is 0 Å². The molecule has 0 aliphatic carbocycles. The predicted molar refractivity (Wildman–Crippen MR) is 55.9 cm³/mol. The minimum absolute atomic E-state index is 0.0417. The molecule has 2 aromatic carbocycles. The molecule has 0 aromatic heterocycles. The summed E-state index contributed by atoms with van der Waals surface area (Å²) in [6.45, 7) is 0. The second-order valence-electron chi connectivity index (χ2n) is 3.35. The van der Waals surface area contributed by atoms with Gasteiger partial charge in [-0.2, -0.15) is 0 Å². The maximum atomic E-state index is 12.7. The maximum Gasteiger partial charge on any atom is 0.336 e. The van der Waals surface area contributed by atoms with E-state index in [1.165, 1.54) is 36.4 Å². The molecule has 0 fully saturated rings. The number of carboxylic acids is 1. The first kappa shape index (κ1) is 10.5. The molecule has 16 heavy (non-hydrogen) atoms. The van der Waals surface area contributed by atoms with Gasteiger partial charge in [0.1, 0.15) is 0 Å². The van der Waals surface area contributed by atoms with Crippen LogP contribution in [0.15, 0.2) is 36.4 Å². The first-order valence-corrected chi connectivity index (χ1v) is 4.64. The third-order valence-corrected chi connectivity index (χ3v) is 2.42. The Balaban J connectivity index is 2.81. The summed E-state index contributed by atoms with van der Waals surface area (Å²) in [5, 5.41) is 9.55. The van der Waals surface area contributed by atoms with Gasteiger partial charge in [0.15, 0.2) is 0 Å². The molecule has 2 nitrogen and oxygen atoms in total. The van der Waals surface area contributed by atoms with Crippen LogP contribution in [-0.2, 0) is 0 Å². The van der Waals surface area contributed by atoms with Gasteiger partial charge in [0.05, 0.1) is 5.56 Å². The number of benzene rings is 2. The number of alkyl halides is 2. The quantitative estimate of drug-likeness (QED) is 0.844. The molecule has 0 unspecified atom stereocenters. The molecular formula is C12H8F2O2. The van der Waals surface area contributed by atoms with Crippen LogP contribution in [0.1, 0.15) is 22.3 Å². The van der Waals surface area contributed by atoms with Crippen LogP contribution >= 0.6 is 0 Å². The summed E-state index contributed by atoms with van der Waals surface area (Å²) in [4.78, 5) is 10.9. The fraction of sp³-hybridized carbons (Fsp3) is 0.0833. The molecule has 4 heteroatoms. The third-order valence-electron chi connectivity index (χ3n) is 2.42. The van der Waals surface area contributed by atoms with E-state index in [1.54, 1.807) is 0 Å². The van der Waals surface area contributed by atoms with Gasteiger partial charge >= 0.3 is 5.97 Å². The van der Waals surface area contributed by atoms with Crippen LogP contribution in [0.25, 0.3) is 10.8 Å². The normalized spacial score (nSPS) is 10.9. The molecule has 0 radical (unpaired) electrons. The second kappa shape index (κ2) is 3.89. The van der Waals surface area contributed by atoms with E-state index in [2.05, 4.69) is 0 Å². The highest BCUT2D eigenvalue weighted by Gasteiger charge is 2.14. The minimum atomic E-state index is -2.60. The van der Waals surface area contributed by atoms with E-state index in [0.29, 0.717) is 5.39 Å². The largest absolute Gasteiger partial charge is 0.478 e. The van der Waals surface area contributed by atoms with Gasteiger partial charge in [-0.3, -0.25) is 0 Å². The van der Waals surface area contributed by atoms with Gasteiger partial charge in [0, 0.05) is 5.56 Å². The minimum Gasteiger partial charge on any atom is -0.478 e. The van der Waals surface area contributed by atoms with Crippen molar-refractivity contribution in [3.63, 3.8) is 0 Å².